The highest BCUT2D eigenvalue weighted by atomic mass is 79.9. The summed E-state index contributed by atoms with van der Waals surface area (Å²) in [6.07, 6.45) is 0. The van der Waals surface area contributed by atoms with Crippen LogP contribution in [-0.4, -0.2) is 9.97 Å². The smallest absolute Gasteiger partial charge is 0.181 e. The van der Waals surface area contributed by atoms with Gasteiger partial charge in [-0.1, -0.05) is 27.3 Å². The predicted octanol–water partition coefficient (Wildman–Crippen LogP) is 4.92. The number of halogens is 1. The van der Waals surface area contributed by atoms with Crippen LogP contribution in [0.5, 0.6) is 0 Å². The SMILES string of the molecule is Nc1nc2ccc(-c3nc4cc(Br)ccc4s3)cc2s1. The summed E-state index contributed by atoms with van der Waals surface area (Å²) in [4.78, 5) is 8.97. The molecule has 0 radical (unpaired) electrons. The molecule has 3 nitrogen and oxygen atoms in total. The van der Waals surface area contributed by atoms with Crippen LogP contribution in [0.15, 0.2) is 40.9 Å². The lowest BCUT2D eigenvalue weighted by molar-refractivity contribution is 1.47. The minimum absolute atomic E-state index is 0.602. The maximum Gasteiger partial charge on any atom is 0.181 e. The van der Waals surface area contributed by atoms with Crippen molar-refractivity contribution in [2.45, 2.75) is 0 Å². The summed E-state index contributed by atoms with van der Waals surface area (Å²) in [7, 11) is 0. The van der Waals surface area contributed by atoms with Crippen molar-refractivity contribution in [2.75, 3.05) is 5.73 Å². The quantitative estimate of drug-likeness (QED) is 0.523. The van der Waals surface area contributed by atoms with Gasteiger partial charge >= 0.3 is 0 Å². The Morgan fingerprint density at radius 1 is 0.900 bits per heavy atom. The Hall–Kier alpha value is -1.50. The average Bonchev–Trinajstić information content (AvgIpc) is 2.99. The number of nitrogen functional groups attached to an aromatic ring is 1. The molecule has 0 aliphatic rings. The molecule has 6 heteroatoms. The molecule has 0 fully saturated rings. The van der Waals surface area contributed by atoms with E-state index in [4.69, 9.17) is 10.7 Å². The summed E-state index contributed by atoms with van der Waals surface area (Å²) in [6, 6.07) is 12.3. The lowest BCUT2D eigenvalue weighted by Crippen LogP contribution is -1.79. The minimum atomic E-state index is 0.602. The summed E-state index contributed by atoms with van der Waals surface area (Å²) in [5.74, 6) is 0. The standard InChI is InChI=1S/C14H8BrN3S2/c15-8-2-4-11-10(6-8)17-13(19-11)7-1-3-9-12(5-7)20-14(16)18-9/h1-6H,(H2,16,18). The highest BCUT2D eigenvalue weighted by molar-refractivity contribution is 9.10. The number of rotatable bonds is 1. The van der Waals surface area contributed by atoms with Gasteiger partial charge in [-0.3, -0.25) is 0 Å². The molecule has 2 aromatic carbocycles. The molecule has 0 amide bonds. The summed E-state index contributed by atoms with van der Waals surface area (Å²) >= 11 is 6.68. The van der Waals surface area contributed by atoms with Gasteiger partial charge in [-0.05, 0) is 36.4 Å². The number of nitrogens with two attached hydrogens (primary N) is 1. The van der Waals surface area contributed by atoms with E-state index < -0.39 is 0 Å². The third-order valence-electron chi connectivity index (χ3n) is 3.00. The van der Waals surface area contributed by atoms with Gasteiger partial charge in [-0.25, -0.2) is 9.97 Å². The third-order valence-corrected chi connectivity index (χ3v) is 5.43. The van der Waals surface area contributed by atoms with Crippen molar-refractivity contribution in [3.8, 4) is 10.6 Å². The van der Waals surface area contributed by atoms with E-state index in [-0.39, 0.29) is 0 Å². The Balaban J connectivity index is 1.90. The lowest BCUT2D eigenvalue weighted by atomic mass is 10.2. The Bertz CT molecular complexity index is 942. The van der Waals surface area contributed by atoms with E-state index in [2.05, 4.69) is 33.0 Å². The number of anilines is 1. The van der Waals surface area contributed by atoms with Gasteiger partial charge in [0.15, 0.2) is 5.13 Å². The normalized spacial score (nSPS) is 11.4. The van der Waals surface area contributed by atoms with Crippen LogP contribution in [0.1, 0.15) is 0 Å². The van der Waals surface area contributed by atoms with E-state index in [1.54, 1.807) is 11.3 Å². The van der Waals surface area contributed by atoms with Gasteiger partial charge in [0.1, 0.15) is 5.01 Å². The van der Waals surface area contributed by atoms with E-state index in [0.717, 1.165) is 30.8 Å². The van der Waals surface area contributed by atoms with Gasteiger partial charge in [0.2, 0.25) is 0 Å². The van der Waals surface area contributed by atoms with Crippen LogP contribution in [0.4, 0.5) is 5.13 Å². The molecule has 0 aliphatic heterocycles. The zero-order valence-corrected chi connectivity index (χ0v) is 13.3. The number of nitrogens with zero attached hydrogens (tertiary/aromatic N) is 2. The number of thiazole rings is 2. The fourth-order valence-electron chi connectivity index (χ4n) is 2.10. The Morgan fingerprint density at radius 2 is 1.80 bits per heavy atom. The molecule has 0 aliphatic carbocycles. The first-order valence-electron chi connectivity index (χ1n) is 5.91. The minimum Gasteiger partial charge on any atom is -0.375 e. The highest BCUT2D eigenvalue weighted by Crippen LogP contribution is 2.34. The van der Waals surface area contributed by atoms with Gasteiger partial charge in [-0.2, -0.15) is 0 Å². The summed E-state index contributed by atoms with van der Waals surface area (Å²) < 4.78 is 3.33. The van der Waals surface area contributed by atoms with Gasteiger partial charge in [0.05, 0.1) is 20.4 Å². The molecular weight excluding hydrogens is 354 g/mol. The molecule has 0 unspecified atom stereocenters. The van der Waals surface area contributed by atoms with Gasteiger partial charge < -0.3 is 5.73 Å². The monoisotopic (exact) mass is 361 g/mol. The van der Waals surface area contributed by atoms with Crippen molar-refractivity contribution in [3.63, 3.8) is 0 Å². The van der Waals surface area contributed by atoms with Gasteiger partial charge in [0.25, 0.3) is 0 Å². The topological polar surface area (TPSA) is 51.8 Å². The van der Waals surface area contributed by atoms with Crippen molar-refractivity contribution in [2.24, 2.45) is 0 Å². The molecule has 2 heterocycles. The average molecular weight is 362 g/mol. The van der Waals surface area contributed by atoms with E-state index in [1.807, 2.05) is 24.3 Å². The molecule has 0 saturated carbocycles. The molecule has 2 N–H and O–H groups in total. The molecule has 2 aromatic heterocycles. The first-order valence-corrected chi connectivity index (χ1v) is 8.34. The number of hydrogen-bond acceptors (Lipinski definition) is 5. The molecule has 4 rings (SSSR count). The summed E-state index contributed by atoms with van der Waals surface area (Å²) in [5.41, 5.74) is 8.82. The van der Waals surface area contributed by atoms with Crippen LogP contribution < -0.4 is 5.73 Å². The van der Waals surface area contributed by atoms with E-state index in [1.165, 1.54) is 16.0 Å². The van der Waals surface area contributed by atoms with E-state index in [0.29, 0.717) is 5.13 Å². The largest absolute Gasteiger partial charge is 0.375 e. The lowest BCUT2D eigenvalue weighted by Gasteiger charge is -1.94. The van der Waals surface area contributed by atoms with Gasteiger partial charge in [0, 0.05) is 10.0 Å². The Morgan fingerprint density at radius 3 is 2.70 bits per heavy atom. The van der Waals surface area contributed by atoms with E-state index >= 15 is 0 Å². The number of hydrogen-bond donors (Lipinski definition) is 1. The van der Waals surface area contributed by atoms with E-state index in [9.17, 15) is 0 Å². The molecule has 0 saturated heterocycles. The first kappa shape index (κ1) is 12.3. The fourth-order valence-corrected chi connectivity index (χ4v) is 4.16. The second-order valence-electron chi connectivity index (χ2n) is 4.37. The molecule has 0 bridgehead atoms. The van der Waals surface area contributed by atoms with Crippen molar-refractivity contribution >= 4 is 64.2 Å². The molecule has 20 heavy (non-hydrogen) atoms. The summed E-state index contributed by atoms with van der Waals surface area (Å²) in [5, 5.41) is 1.62. The first-order chi connectivity index (χ1) is 9.69. The van der Waals surface area contributed by atoms with Crippen molar-refractivity contribution < 1.29 is 0 Å². The van der Waals surface area contributed by atoms with Crippen LogP contribution >= 0.6 is 38.6 Å². The number of aromatic nitrogens is 2. The van der Waals surface area contributed by atoms with Crippen molar-refractivity contribution in [1.29, 1.82) is 0 Å². The second-order valence-corrected chi connectivity index (χ2v) is 7.37. The molecular formula is C14H8BrN3S2. The molecule has 0 spiro atoms. The molecule has 4 aromatic rings. The number of fused-ring (bicyclic) bond motifs is 2. The molecule has 0 atom stereocenters. The van der Waals surface area contributed by atoms with Crippen LogP contribution in [0.2, 0.25) is 0 Å². The maximum absolute atomic E-state index is 5.75. The van der Waals surface area contributed by atoms with Gasteiger partial charge in [-0.15, -0.1) is 11.3 Å². The zero-order chi connectivity index (χ0) is 13.7. The zero-order valence-electron chi connectivity index (χ0n) is 10.1. The van der Waals surface area contributed by atoms with Crippen molar-refractivity contribution in [3.05, 3.63) is 40.9 Å². The Kier molecular flexibility index (Phi) is 2.76. The van der Waals surface area contributed by atoms with Crippen LogP contribution in [-0.2, 0) is 0 Å². The highest BCUT2D eigenvalue weighted by Gasteiger charge is 2.09. The summed E-state index contributed by atoms with van der Waals surface area (Å²) in [6.45, 7) is 0. The fraction of sp³-hybridized carbons (Fsp3) is 0. The Labute approximate surface area is 131 Å². The number of benzene rings is 2. The maximum atomic E-state index is 5.75. The molecule has 98 valence electrons. The third kappa shape index (κ3) is 2.00. The van der Waals surface area contributed by atoms with Crippen LogP contribution in [0, 0.1) is 0 Å². The van der Waals surface area contributed by atoms with Crippen LogP contribution in [0.3, 0.4) is 0 Å². The van der Waals surface area contributed by atoms with Crippen LogP contribution in [0.25, 0.3) is 31.0 Å². The second kappa shape index (κ2) is 4.51. The van der Waals surface area contributed by atoms with Crippen molar-refractivity contribution in [1.82, 2.24) is 9.97 Å². The predicted molar refractivity (Wildman–Crippen MR) is 90.3 cm³/mol.